The number of pyridine rings is 1. The highest BCUT2D eigenvalue weighted by atomic mass is 16.5. The van der Waals surface area contributed by atoms with E-state index >= 15 is 0 Å². The Balaban J connectivity index is 1.44. The van der Waals surface area contributed by atoms with Gasteiger partial charge >= 0.3 is 0 Å². The zero-order chi connectivity index (χ0) is 18.2. The van der Waals surface area contributed by atoms with E-state index in [0.717, 1.165) is 16.9 Å². The second-order valence-electron chi connectivity index (χ2n) is 6.50. The number of Topliss-reactive ketones (excluding diaryl/α,β-unsaturated/α-hetero) is 1. The molecule has 0 fully saturated rings. The van der Waals surface area contributed by atoms with Crippen molar-refractivity contribution in [2.45, 2.75) is 13.1 Å². The topological polar surface area (TPSA) is 64.8 Å². The highest BCUT2D eigenvalue weighted by Crippen LogP contribution is 2.42. The number of fused-ring (bicyclic) bond motifs is 3. The number of ether oxygens (including phenoxy) is 2. The van der Waals surface area contributed by atoms with Gasteiger partial charge in [0.15, 0.2) is 5.76 Å². The Kier molecular flexibility index (Phi) is 3.76. The SMILES string of the molecule is O=C1C(=Cc2ccco2)Oc2c1ccc1c2CN(Cc2cccnc2)CO1. The van der Waals surface area contributed by atoms with Crippen LogP contribution in [0.5, 0.6) is 11.5 Å². The minimum absolute atomic E-state index is 0.145. The maximum absolute atomic E-state index is 12.7. The monoisotopic (exact) mass is 360 g/mol. The molecule has 6 heteroatoms. The van der Waals surface area contributed by atoms with E-state index < -0.39 is 0 Å². The number of carbonyl (C=O) groups is 1. The van der Waals surface area contributed by atoms with Gasteiger partial charge in [-0.15, -0.1) is 0 Å². The Morgan fingerprint density at radius 3 is 2.96 bits per heavy atom. The lowest BCUT2D eigenvalue weighted by Crippen LogP contribution is -2.31. The van der Waals surface area contributed by atoms with Crippen molar-refractivity contribution >= 4 is 11.9 Å². The molecule has 3 aromatic rings. The standard InChI is InChI=1S/C21H16N2O4/c24-20-16-5-6-18-17(21(16)27-19(20)9-15-4-2-8-25-15)12-23(13-26-18)11-14-3-1-7-22-10-14/h1-10H,11-13H2. The van der Waals surface area contributed by atoms with Crippen molar-refractivity contribution in [2.75, 3.05) is 6.73 Å². The van der Waals surface area contributed by atoms with E-state index in [1.54, 1.807) is 36.7 Å². The van der Waals surface area contributed by atoms with Crippen LogP contribution in [0, 0.1) is 0 Å². The third kappa shape index (κ3) is 2.90. The summed E-state index contributed by atoms with van der Waals surface area (Å²) in [5.74, 6) is 2.02. The van der Waals surface area contributed by atoms with Gasteiger partial charge in [-0.1, -0.05) is 6.07 Å². The number of carbonyl (C=O) groups excluding carboxylic acids is 1. The molecule has 2 aliphatic heterocycles. The quantitative estimate of drug-likeness (QED) is 0.665. The molecule has 1 aromatic carbocycles. The van der Waals surface area contributed by atoms with E-state index in [4.69, 9.17) is 13.9 Å². The predicted octanol–water partition coefficient (Wildman–Crippen LogP) is 3.64. The second kappa shape index (κ2) is 6.41. The van der Waals surface area contributed by atoms with Crippen LogP contribution >= 0.6 is 0 Å². The predicted molar refractivity (Wildman–Crippen MR) is 97.1 cm³/mol. The number of allylic oxidation sites excluding steroid dienone is 1. The van der Waals surface area contributed by atoms with Crippen molar-refractivity contribution in [3.05, 3.63) is 83.3 Å². The minimum Gasteiger partial charge on any atom is -0.478 e. The maximum Gasteiger partial charge on any atom is 0.232 e. The number of benzene rings is 1. The molecule has 134 valence electrons. The Morgan fingerprint density at radius 1 is 1.19 bits per heavy atom. The highest BCUT2D eigenvalue weighted by Gasteiger charge is 2.33. The number of hydrogen-bond donors (Lipinski definition) is 0. The molecule has 2 aliphatic rings. The summed E-state index contributed by atoms with van der Waals surface area (Å²) in [6.45, 7) is 1.82. The normalized spacial score (nSPS) is 17.3. The smallest absolute Gasteiger partial charge is 0.232 e. The second-order valence-corrected chi connectivity index (χ2v) is 6.50. The molecule has 0 bridgehead atoms. The van der Waals surface area contributed by atoms with E-state index in [1.165, 1.54) is 0 Å². The van der Waals surface area contributed by atoms with Crippen LogP contribution < -0.4 is 9.47 Å². The molecule has 0 saturated heterocycles. The van der Waals surface area contributed by atoms with Crippen molar-refractivity contribution in [2.24, 2.45) is 0 Å². The summed E-state index contributed by atoms with van der Waals surface area (Å²) in [5, 5.41) is 0. The van der Waals surface area contributed by atoms with Crippen molar-refractivity contribution in [1.29, 1.82) is 0 Å². The summed E-state index contributed by atoms with van der Waals surface area (Å²) in [4.78, 5) is 19.0. The molecular formula is C21H16N2O4. The third-order valence-corrected chi connectivity index (χ3v) is 4.63. The van der Waals surface area contributed by atoms with Crippen molar-refractivity contribution in [1.82, 2.24) is 9.88 Å². The minimum atomic E-state index is -0.145. The van der Waals surface area contributed by atoms with Gasteiger partial charge in [-0.25, -0.2) is 0 Å². The van der Waals surface area contributed by atoms with Crippen LogP contribution in [0.1, 0.15) is 27.2 Å². The number of aromatic nitrogens is 1. The molecule has 0 radical (unpaired) electrons. The molecule has 0 amide bonds. The van der Waals surface area contributed by atoms with Gasteiger partial charge in [0.25, 0.3) is 0 Å². The number of ketones is 1. The van der Waals surface area contributed by atoms with E-state index in [-0.39, 0.29) is 11.5 Å². The fourth-order valence-electron chi connectivity index (χ4n) is 3.36. The van der Waals surface area contributed by atoms with Crippen LogP contribution in [0.4, 0.5) is 0 Å². The van der Waals surface area contributed by atoms with Gasteiger partial charge in [-0.2, -0.15) is 0 Å². The van der Waals surface area contributed by atoms with E-state index in [9.17, 15) is 4.79 Å². The fourth-order valence-corrected chi connectivity index (χ4v) is 3.36. The Labute approximate surface area is 155 Å². The zero-order valence-electron chi connectivity index (χ0n) is 14.4. The molecule has 0 saturated carbocycles. The van der Waals surface area contributed by atoms with E-state index in [1.807, 2.05) is 24.4 Å². The van der Waals surface area contributed by atoms with Crippen LogP contribution in [0.25, 0.3) is 6.08 Å². The highest BCUT2D eigenvalue weighted by molar-refractivity contribution is 6.14. The fraction of sp³-hybridized carbons (Fsp3) is 0.143. The van der Waals surface area contributed by atoms with Crippen LogP contribution in [0.15, 0.2) is 65.2 Å². The third-order valence-electron chi connectivity index (χ3n) is 4.63. The molecule has 5 rings (SSSR count). The van der Waals surface area contributed by atoms with Gasteiger partial charge in [0.05, 0.1) is 17.4 Å². The summed E-state index contributed by atoms with van der Waals surface area (Å²) < 4.78 is 17.1. The first-order valence-electron chi connectivity index (χ1n) is 8.65. The summed E-state index contributed by atoms with van der Waals surface area (Å²) in [6, 6.07) is 11.1. The van der Waals surface area contributed by atoms with Crippen molar-refractivity contribution < 1.29 is 18.7 Å². The van der Waals surface area contributed by atoms with Gasteiger partial charge in [0.2, 0.25) is 5.78 Å². The molecular weight excluding hydrogens is 344 g/mol. The molecule has 0 atom stereocenters. The molecule has 0 spiro atoms. The summed E-state index contributed by atoms with van der Waals surface area (Å²) in [7, 11) is 0. The van der Waals surface area contributed by atoms with Gasteiger partial charge in [-0.3, -0.25) is 14.7 Å². The number of hydrogen-bond acceptors (Lipinski definition) is 6. The van der Waals surface area contributed by atoms with Crippen molar-refractivity contribution in [3.63, 3.8) is 0 Å². The molecule has 6 nitrogen and oxygen atoms in total. The van der Waals surface area contributed by atoms with Crippen LogP contribution in [0.2, 0.25) is 0 Å². The Bertz CT molecular complexity index is 1030. The van der Waals surface area contributed by atoms with Gasteiger partial charge in [0.1, 0.15) is 24.0 Å². The molecule has 0 N–H and O–H groups in total. The zero-order valence-corrected chi connectivity index (χ0v) is 14.4. The molecule has 4 heterocycles. The van der Waals surface area contributed by atoms with Crippen LogP contribution in [-0.2, 0) is 13.1 Å². The molecule has 0 unspecified atom stereocenters. The van der Waals surface area contributed by atoms with Crippen molar-refractivity contribution in [3.8, 4) is 11.5 Å². The Hall–Kier alpha value is -3.38. The van der Waals surface area contributed by atoms with Gasteiger partial charge in [0, 0.05) is 31.6 Å². The van der Waals surface area contributed by atoms with Crippen LogP contribution in [0.3, 0.4) is 0 Å². The lowest BCUT2D eigenvalue weighted by Gasteiger charge is -2.29. The lowest BCUT2D eigenvalue weighted by molar-refractivity contribution is 0.0872. The first-order chi connectivity index (χ1) is 13.3. The average molecular weight is 360 g/mol. The van der Waals surface area contributed by atoms with Gasteiger partial charge in [-0.05, 0) is 35.9 Å². The molecule has 2 aromatic heterocycles. The largest absolute Gasteiger partial charge is 0.478 e. The number of furan rings is 1. The molecule has 0 aliphatic carbocycles. The first kappa shape index (κ1) is 15.8. The number of nitrogens with zero attached hydrogens (tertiary/aromatic N) is 2. The van der Waals surface area contributed by atoms with Crippen LogP contribution in [-0.4, -0.2) is 22.4 Å². The molecule has 27 heavy (non-hydrogen) atoms. The van der Waals surface area contributed by atoms with E-state index in [0.29, 0.717) is 36.9 Å². The lowest BCUT2D eigenvalue weighted by atomic mass is 10.0. The summed E-state index contributed by atoms with van der Waals surface area (Å²) in [5.41, 5.74) is 2.55. The van der Waals surface area contributed by atoms with Gasteiger partial charge < -0.3 is 13.9 Å². The summed E-state index contributed by atoms with van der Waals surface area (Å²) >= 11 is 0. The average Bonchev–Trinajstić information content (AvgIpc) is 3.32. The Morgan fingerprint density at radius 2 is 2.15 bits per heavy atom. The maximum atomic E-state index is 12.7. The first-order valence-corrected chi connectivity index (χ1v) is 8.65. The number of rotatable bonds is 3. The van der Waals surface area contributed by atoms with E-state index in [2.05, 4.69) is 9.88 Å². The summed E-state index contributed by atoms with van der Waals surface area (Å²) in [6.07, 6.45) is 6.77.